The third-order valence-electron chi connectivity index (χ3n) is 5.30. The number of carbonyl (C=O) groups excluding carboxylic acids is 2. The summed E-state index contributed by atoms with van der Waals surface area (Å²) in [5.41, 5.74) is 1.19. The molecule has 0 radical (unpaired) electrons. The molecule has 37 heavy (non-hydrogen) atoms. The molecule has 0 unspecified atom stereocenters. The lowest BCUT2D eigenvalue weighted by Crippen LogP contribution is -2.48. The molecule has 190 valence electrons. The van der Waals surface area contributed by atoms with Gasteiger partial charge in [-0.3, -0.25) is 14.9 Å². The Hall–Kier alpha value is -4.20. The van der Waals surface area contributed by atoms with Gasteiger partial charge in [0.15, 0.2) is 0 Å². The predicted molar refractivity (Wildman–Crippen MR) is 133 cm³/mol. The van der Waals surface area contributed by atoms with Gasteiger partial charge in [0.1, 0.15) is 11.8 Å². The summed E-state index contributed by atoms with van der Waals surface area (Å²) in [5, 5.41) is 44.2. The average molecular weight is 542 g/mol. The second-order valence-electron chi connectivity index (χ2n) is 7.82. The fourth-order valence-corrected chi connectivity index (χ4v) is 4.32. The molecule has 14 heteroatoms. The number of aliphatic carboxylic acids is 1. The molecule has 1 aliphatic heterocycles. The van der Waals surface area contributed by atoms with Crippen molar-refractivity contribution >= 4 is 40.7 Å². The number of rotatable bonds is 10. The van der Waals surface area contributed by atoms with E-state index in [1.807, 2.05) is 0 Å². The lowest BCUT2D eigenvalue weighted by molar-refractivity contribution is -0.139. The molecule has 0 bridgehead atoms. The number of carbonyl (C=O) groups is 3. The number of nitrogens with zero attached hydrogens (tertiary/aromatic N) is 4. The molecule has 0 saturated carbocycles. The Balaban J connectivity index is 1.45. The summed E-state index contributed by atoms with van der Waals surface area (Å²) < 4.78 is 0. The standard InChI is InChI=1S/C23H20ClN7O5S/c24-17-10-14(23(28-30-31-29-23)26-11-13-3-1-4-15(32)9-13)6-7-16(17)20(33)27-18(22(35)36)12-25-21(34)19-5-2-8-37-19/h1-10,18,26,32H,11-12H2,(H,25,34)(H,27,33)(H,35,36)/t18-/m0/s1. The average Bonchev–Trinajstić information content (AvgIpc) is 3.58. The Morgan fingerprint density at radius 2 is 1.81 bits per heavy atom. The Bertz CT molecular complexity index is 1370. The summed E-state index contributed by atoms with van der Waals surface area (Å²) in [6.45, 7) is -0.0693. The zero-order chi connectivity index (χ0) is 26.4. The van der Waals surface area contributed by atoms with Crippen LogP contribution in [0.4, 0.5) is 0 Å². The third kappa shape index (κ3) is 6.14. The highest BCUT2D eigenvalue weighted by Gasteiger charge is 2.36. The van der Waals surface area contributed by atoms with Gasteiger partial charge in [-0.2, -0.15) is 0 Å². The first-order chi connectivity index (χ1) is 17.8. The van der Waals surface area contributed by atoms with Crippen LogP contribution in [-0.4, -0.2) is 40.6 Å². The zero-order valence-electron chi connectivity index (χ0n) is 19.0. The van der Waals surface area contributed by atoms with E-state index in [1.54, 1.807) is 41.8 Å². The largest absolute Gasteiger partial charge is 0.508 e. The van der Waals surface area contributed by atoms with E-state index in [9.17, 15) is 24.6 Å². The highest BCUT2D eigenvalue weighted by atomic mass is 35.5. The van der Waals surface area contributed by atoms with Gasteiger partial charge in [0.25, 0.3) is 17.6 Å². The second-order valence-corrected chi connectivity index (χ2v) is 9.18. The van der Waals surface area contributed by atoms with Crippen molar-refractivity contribution in [1.29, 1.82) is 0 Å². The molecule has 2 heterocycles. The maximum atomic E-state index is 12.8. The molecule has 0 saturated heterocycles. The number of hydrogen-bond acceptors (Lipinski definition) is 10. The van der Waals surface area contributed by atoms with Crippen LogP contribution in [0.15, 0.2) is 80.7 Å². The molecule has 0 spiro atoms. The number of benzene rings is 2. The normalized spacial score (nSPS) is 14.3. The van der Waals surface area contributed by atoms with E-state index in [1.165, 1.54) is 29.5 Å². The van der Waals surface area contributed by atoms with Crippen molar-refractivity contribution in [1.82, 2.24) is 16.0 Å². The first-order valence-corrected chi connectivity index (χ1v) is 12.1. The van der Waals surface area contributed by atoms with Crippen molar-refractivity contribution < 1.29 is 24.6 Å². The minimum absolute atomic E-state index is 0.0104. The van der Waals surface area contributed by atoms with Crippen molar-refractivity contribution in [2.45, 2.75) is 18.4 Å². The third-order valence-corrected chi connectivity index (χ3v) is 6.48. The lowest BCUT2D eigenvalue weighted by Gasteiger charge is -2.23. The molecule has 12 nitrogen and oxygen atoms in total. The SMILES string of the molecule is O=C(NC[C@H](NC(=O)c1ccc(C2(NCc3cccc(O)c3)N=NN=N2)cc1Cl)C(=O)O)c1cccs1. The van der Waals surface area contributed by atoms with Gasteiger partial charge in [-0.1, -0.05) is 35.9 Å². The van der Waals surface area contributed by atoms with Crippen LogP contribution < -0.4 is 16.0 Å². The smallest absolute Gasteiger partial charge is 0.328 e. The van der Waals surface area contributed by atoms with E-state index < -0.39 is 29.6 Å². The maximum Gasteiger partial charge on any atom is 0.328 e. The Morgan fingerprint density at radius 1 is 1.03 bits per heavy atom. The van der Waals surface area contributed by atoms with Crippen molar-refractivity contribution in [3.8, 4) is 5.75 Å². The first-order valence-electron chi connectivity index (χ1n) is 10.8. The van der Waals surface area contributed by atoms with Crippen LogP contribution in [0.25, 0.3) is 0 Å². The monoisotopic (exact) mass is 541 g/mol. The Morgan fingerprint density at radius 3 is 2.46 bits per heavy atom. The number of aromatic hydroxyl groups is 1. The lowest BCUT2D eigenvalue weighted by atomic mass is 10.0. The molecule has 5 N–H and O–H groups in total. The van der Waals surface area contributed by atoms with Crippen LogP contribution in [0, 0.1) is 0 Å². The number of hydrogen-bond donors (Lipinski definition) is 5. The van der Waals surface area contributed by atoms with Crippen molar-refractivity contribution in [2.24, 2.45) is 20.7 Å². The molecule has 0 aliphatic carbocycles. The van der Waals surface area contributed by atoms with Crippen LogP contribution in [-0.2, 0) is 17.1 Å². The van der Waals surface area contributed by atoms with E-state index in [2.05, 4.69) is 36.6 Å². The summed E-state index contributed by atoms with van der Waals surface area (Å²) in [6.07, 6.45) is 0. The number of carboxylic acid groups (broad SMARTS) is 1. The number of amides is 2. The minimum atomic E-state index is -1.40. The topological polar surface area (TPSA) is 177 Å². The highest BCUT2D eigenvalue weighted by molar-refractivity contribution is 7.12. The summed E-state index contributed by atoms with van der Waals surface area (Å²) in [7, 11) is 0. The summed E-state index contributed by atoms with van der Waals surface area (Å²) >= 11 is 7.59. The predicted octanol–water partition coefficient (Wildman–Crippen LogP) is 3.45. The van der Waals surface area contributed by atoms with Gasteiger partial charge in [-0.25, -0.2) is 4.79 Å². The van der Waals surface area contributed by atoms with Crippen LogP contribution in [0.1, 0.15) is 31.2 Å². The molecule has 2 amide bonds. The van der Waals surface area contributed by atoms with Gasteiger partial charge in [0.05, 0.1) is 15.5 Å². The molecule has 3 aromatic rings. The molecule has 4 rings (SSSR count). The number of halogens is 1. The number of phenolic OH excluding ortho intramolecular Hbond substituents is 1. The fourth-order valence-electron chi connectivity index (χ4n) is 3.41. The second kappa shape index (κ2) is 11.2. The zero-order valence-corrected chi connectivity index (χ0v) is 20.5. The summed E-state index contributed by atoms with van der Waals surface area (Å²) in [4.78, 5) is 37.0. The van der Waals surface area contributed by atoms with E-state index in [4.69, 9.17) is 11.6 Å². The molecule has 1 aromatic heterocycles. The van der Waals surface area contributed by atoms with Crippen LogP contribution >= 0.6 is 22.9 Å². The van der Waals surface area contributed by atoms with Gasteiger partial charge >= 0.3 is 5.97 Å². The number of nitrogens with one attached hydrogen (secondary N) is 3. The van der Waals surface area contributed by atoms with E-state index in [-0.39, 0.29) is 29.4 Å². The van der Waals surface area contributed by atoms with Crippen LogP contribution in [0.3, 0.4) is 0 Å². The van der Waals surface area contributed by atoms with Gasteiger partial charge in [-0.05, 0) is 51.7 Å². The number of thiophene rings is 1. The molecule has 1 atom stereocenters. The van der Waals surface area contributed by atoms with E-state index in [0.29, 0.717) is 10.4 Å². The van der Waals surface area contributed by atoms with Gasteiger partial charge in [0.2, 0.25) is 0 Å². The first kappa shape index (κ1) is 25.9. The summed E-state index contributed by atoms with van der Waals surface area (Å²) in [5.74, 6) is -3.81. The van der Waals surface area contributed by atoms with Crippen molar-refractivity contribution in [3.63, 3.8) is 0 Å². The Labute approximate surface area is 219 Å². The van der Waals surface area contributed by atoms with Crippen molar-refractivity contribution in [3.05, 3.63) is 86.6 Å². The van der Waals surface area contributed by atoms with E-state index in [0.717, 1.165) is 5.56 Å². The van der Waals surface area contributed by atoms with Crippen molar-refractivity contribution in [2.75, 3.05) is 6.54 Å². The van der Waals surface area contributed by atoms with Gasteiger partial charge in [-0.15, -0.1) is 21.6 Å². The number of carboxylic acids is 1. The molecule has 2 aromatic carbocycles. The van der Waals surface area contributed by atoms with E-state index >= 15 is 0 Å². The van der Waals surface area contributed by atoms with Crippen LogP contribution in [0.5, 0.6) is 5.75 Å². The maximum absolute atomic E-state index is 12.8. The van der Waals surface area contributed by atoms with Crippen LogP contribution in [0.2, 0.25) is 5.02 Å². The minimum Gasteiger partial charge on any atom is -0.508 e. The Kier molecular flexibility index (Phi) is 7.86. The number of phenols is 1. The summed E-state index contributed by atoms with van der Waals surface area (Å²) in [6, 6.07) is 12.9. The molecule has 0 fully saturated rings. The molecule has 1 aliphatic rings. The van der Waals surface area contributed by atoms with Gasteiger partial charge < -0.3 is 20.8 Å². The fraction of sp³-hybridized carbons (Fsp3) is 0.174. The highest BCUT2D eigenvalue weighted by Crippen LogP contribution is 2.33. The molecular formula is C23H20ClN7O5S. The quantitative estimate of drug-likeness (QED) is 0.262. The molecular weight excluding hydrogens is 522 g/mol. The van der Waals surface area contributed by atoms with Gasteiger partial charge in [0, 0.05) is 18.7 Å².